The van der Waals surface area contributed by atoms with Gasteiger partial charge in [-0.1, -0.05) is 12.1 Å². The smallest absolute Gasteiger partial charge is 0.347 e. The molecule has 0 fully saturated rings. The first-order chi connectivity index (χ1) is 13.9. The molecule has 0 aliphatic carbocycles. The van der Waals surface area contributed by atoms with Crippen LogP contribution < -0.4 is 20.7 Å². The fraction of sp³-hybridized carbons (Fsp3) is 0.136. The van der Waals surface area contributed by atoms with E-state index in [9.17, 15) is 14.4 Å². The van der Waals surface area contributed by atoms with Gasteiger partial charge in [0.25, 0.3) is 0 Å². The van der Waals surface area contributed by atoms with E-state index in [-0.39, 0.29) is 16.7 Å². The molecule has 2 aromatic heterocycles. The average molecular weight is 392 g/mol. The Morgan fingerprint density at radius 1 is 0.828 bits per heavy atom. The lowest BCUT2D eigenvalue weighted by Gasteiger charge is -2.09. The molecule has 0 saturated heterocycles. The Kier molecular flexibility index (Phi) is 4.43. The van der Waals surface area contributed by atoms with Crippen LogP contribution in [0.2, 0.25) is 0 Å². The number of hydrogen-bond acceptors (Lipinski definition) is 7. The number of carbonyl (C=O) groups is 1. The van der Waals surface area contributed by atoms with Gasteiger partial charge < -0.3 is 18.3 Å². The van der Waals surface area contributed by atoms with Crippen LogP contribution >= 0.6 is 0 Å². The molecule has 4 aromatic rings. The Balaban J connectivity index is 1.91. The zero-order chi connectivity index (χ0) is 20.7. The molecule has 29 heavy (non-hydrogen) atoms. The van der Waals surface area contributed by atoms with Crippen molar-refractivity contribution in [3.63, 3.8) is 0 Å². The number of aryl methyl sites for hydroxylation is 1. The van der Waals surface area contributed by atoms with E-state index in [0.29, 0.717) is 27.9 Å². The van der Waals surface area contributed by atoms with Crippen LogP contribution in [0.5, 0.6) is 11.5 Å². The SMILES string of the molecule is COc1cc(OC)c2cc(C(=O)c3cc4ccc(C)cc4oc3=O)c(=O)oc2c1. The maximum absolute atomic E-state index is 13.0. The average Bonchev–Trinajstić information content (AvgIpc) is 2.71. The van der Waals surface area contributed by atoms with Gasteiger partial charge in [0.1, 0.15) is 33.8 Å². The molecule has 7 heteroatoms. The van der Waals surface area contributed by atoms with Crippen molar-refractivity contribution in [1.29, 1.82) is 0 Å². The molecule has 0 aliphatic rings. The minimum absolute atomic E-state index is 0.198. The number of hydrogen-bond donors (Lipinski definition) is 0. The van der Waals surface area contributed by atoms with E-state index < -0.39 is 17.0 Å². The summed E-state index contributed by atoms with van der Waals surface area (Å²) in [4.78, 5) is 37.8. The minimum atomic E-state index is -0.874. The van der Waals surface area contributed by atoms with Crippen molar-refractivity contribution >= 4 is 27.7 Å². The van der Waals surface area contributed by atoms with Crippen LogP contribution in [0.15, 0.2) is 60.9 Å². The summed E-state index contributed by atoms with van der Waals surface area (Å²) in [5, 5.41) is 0.975. The summed E-state index contributed by atoms with van der Waals surface area (Å²) in [5.74, 6) is 0.00922. The first-order valence-electron chi connectivity index (χ1n) is 8.70. The predicted octanol–water partition coefficient (Wildman–Crippen LogP) is 3.46. The van der Waals surface area contributed by atoms with Crippen LogP contribution in [0.3, 0.4) is 0 Å². The van der Waals surface area contributed by atoms with Gasteiger partial charge in [-0.15, -0.1) is 0 Å². The number of benzene rings is 2. The third kappa shape index (κ3) is 3.16. The molecule has 0 bridgehead atoms. The van der Waals surface area contributed by atoms with Gasteiger partial charge in [-0.3, -0.25) is 4.79 Å². The molecule has 146 valence electrons. The Morgan fingerprint density at radius 3 is 2.21 bits per heavy atom. The topological polar surface area (TPSA) is 96.0 Å². The second kappa shape index (κ2) is 6.94. The standard InChI is InChI=1S/C22H16O7/c1-11-4-5-12-7-15(21(24)28-17(12)6-11)20(23)16-10-14-18(27-3)8-13(26-2)9-19(14)29-22(16)25/h4-10H,1-3H3. The Morgan fingerprint density at radius 2 is 1.52 bits per heavy atom. The zero-order valence-corrected chi connectivity index (χ0v) is 15.9. The van der Waals surface area contributed by atoms with E-state index in [1.165, 1.54) is 32.4 Å². The maximum Gasteiger partial charge on any atom is 0.347 e. The molecule has 2 heterocycles. The molecule has 0 amide bonds. The van der Waals surface area contributed by atoms with Crippen molar-refractivity contribution in [3.05, 3.63) is 80.0 Å². The number of methoxy groups -OCH3 is 2. The van der Waals surface area contributed by atoms with Crippen LogP contribution in [0.25, 0.3) is 21.9 Å². The fourth-order valence-electron chi connectivity index (χ4n) is 3.13. The summed E-state index contributed by atoms with van der Waals surface area (Å²) < 4.78 is 21.0. The summed E-state index contributed by atoms with van der Waals surface area (Å²) in [6, 6.07) is 11.2. The quantitative estimate of drug-likeness (QED) is 0.388. The van der Waals surface area contributed by atoms with E-state index >= 15 is 0 Å². The highest BCUT2D eigenvalue weighted by molar-refractivity contribution is 6.11. The molecule has 0 aliphatic heterocycles. The molecular formula is C22H16O7. The molecule has 0 saturated carbocycles. The van der Waals surface area contributed by atoms with Gasteiger partial charge in [-0.2, -0.15) is 0 Å². The summed E-state index contributed by atoms with van der Waals surface area (Å²) in [6.45, 7) is 1.86. The van der Waals surface area contributed by atoms with Gasteiger partial charge in [0.15, 0.2) is 0 Å². The van der Waals surface area contributed by atoms with Crippen LogP contribution in [0, 0.1) is 6.92 Å². The lowest BCUT2D eigenvalue weighted by Crippen LogP contribution is -2.21. The van der Waals surface area contributed by atoms with Crippen LogP contribution in [-0.2, 0) is 0 Å². The third-order valence-corrected chi connectivity index (χ3v) is 4.63. The predicted molar refractivity (Wildman–Crippen MR) is 106 cm³/mol. The molecule has 0 spiro atoms. The molecule has 0 unspecified atom stereocenters. The van der Waals surface area contributed by atoms with Gasteiger partial charge in [-0.25, -0.2) is 9.59 Å². The van der Waals surface area contributed by atoms with Crippen molar-refractivity contribution in [1.82, 2.24) is 0 Å². The van der Waals surface area contributed by atoms with Gasteiger partial charge in [0.05, 0.1) is 19.6 Å². The van der Waals surface area contributed by atoms with E-state index in [1.807, 2.05) is 13.0 Å². The van der Waals surface area contributed by atoms with Gasteiger partial charge in [0, 0.05) is 17.5 Å². The highest BCUT2D eigenvalue weighted by Crippen LogP contribution is 2.31. The second-order valence-corrected chi connectivity index (χ2v) is 6.51. The Bertz CT molecular complexity index is 1390. The van der Waals surface area contributed by atoms with Gasteiger partial charge in [-0.05, 0) is 30.7 Å². The van der Waals surface area contributed by atoms with E-state index in [4.69, 9.17) is 18.3 Å². The Labute approximate surface area is 164 Å². The van der Waals surface area contributed by atoms with Crippen molar-refractivity contribution in [3.8, 4) is 11.5 Å². The minimum Gasteiger partial charge on any atom is -0.496 e. The largest absolute Gasteiger partial charge is 0.496 e. The fourth-order valence-corrected chi connectivity index (χ4v) is 3.13. The van der Waals surface area contributed by atoms with Gasteiger partial charge >= 0.3 is 11.3 Å². The lowest BCUT2D eigenvalue weighted by molar-refractivity contribution is 0.103. The third-order valence-electron chi connectivity index (χ3n) is 4.63. The molecule has 2 aromatic carbocycles. The summed E-state index contributed by atoms with van der Waals surface area (Å²) in [6.07, 6.45) is 0. The highest BCUT2D eigenvalue weighted by Gasteiger charge is 2.22. The van der Waals surface area contributed by atoms with Crippen LogP contribution in [0.4, 0.5) is 0 Å². The molecule has 0 radical (unpaired) electrons. The van der Waals surface area contributed by atoms with Crippen molar-refractivity contribution < 1.29 is 23.1 Å². The maximum atomic E-state index is 13.0. The summed E-state index contributed by atoms with van der Waals surface area (Å²) >= 11 is 0. The second-order valence-electron chi connectivity index (χ2n) is 6.51. The normalized spacial score (nSPS) is 11.0. The van der Waals surface area contributed by atoms with Crippen LogP contribution in [0.1, 0.15) is 21.5 Å². The number of fused-ring (bicyclic) bond motifs is 2. The van der Waals surface area contributed by atoms with E-state index in [2.05, 4.69) is 0 Å². The zero-order valence-electron chi connectivity index (χ0n) is 15.9. The van der Waals surface area contributed by atoms with Crippen molar-refractivity contribution in [2.45, 2.75) is 6.92 Å². The lowest BCUT2D eigenvalue weighted by atomic mass is 10.0. The highest BCUT2D eigenvalue weighted by atomic mass is 16.5. The number of rotatable bonds is 4. The molecule has 4 rings (SSSR count). The van der Waals surface area contributed by atoms with Crippen molar-refractivity contribution in [2.24, 2.45) is 0 Å². The molecule has 7 nitrogen and oxygen atoms in total. The van der Waals surface area contributed by atoms with Crippen LogP contribution in [-0.4, -0.2) is 20.0 Å². The van der Waals surface area contributed by atoms with E-state index in [1.54, 1.807) is 18.2 Å². The van der Waals surface area contributed by atoms with Gasteiger partial charge in [0.2, 0.25) is 5.78 Å². The van der Waals surface area contributed by atoms with E-state index in [0.717, 1.165) is 5.56 Å². The Hall–Kier alpha value is -3.87. The molecule has 0 atom stereocenters. The molecule has 0 N–H and O–H groups in total. The summed E-state index contributed by atoms with van der Waals surface area (Å²) in [7, 11) is 2.91. The summed E-state index contributed by atoms with van der Waals surface area (Å²) in [5.41, 5.74) is -0.761. The number of ketones is 1. The number of carbonyl (C=O) groups excluding carboxylic acids is 1. The number of ether oxygens (including phenoxy) is 2. The first kappa shape index (κ1) is 18.5. The molecular weight excluding hydrogens is 376 g/mol. The van der Waals surface area contributed by atoms with Crippen molar-refractivity contribution in [2.75, 3.05) is 14.2 Å². The monoisotopic (exact) mass is 392 g/mol. The first-order valence-corrected chi connectivity index (χ1v) is 8.70.